The summed E-state index contributed by atoms with van der Waals surface area (Å²) in [7, 11) is 1.29. The maximum Gasteiger partial charge on any atom is 0.359 e. The van der Waals surface area contributed by atoms with Crippen LogP contribution >= 0.6 is 0 Å². The number of hydrogen-bond acceptors (Lipinski definition) is 6. The summed E-state index contributed by atoms with van der Waals surface area (Å²) < 4.78 is 11.6. The van der Waals surface area contributed by atoms with Crippen molar-refractivity contribution in [3.8, 4) is 5.75 Å². The lowest BCUT2D eigenvalue weighted by Crippen LogP contribution is -2.28. The first-order chi connectivity index (χ1) is 14.0. The number of nitrogens with zero attached hydrogens (tertiary/aromatic N) is 2. The van der Waals surface area contributed by atoms with Crippen LogP contribution in [0.2, 0.25) is 0 Å². The van der Waals surface area contributed by atoms with Crippen molar-refractivity contribution in [1.82, 2.24) is 15.1 Å². The molecule has 1 aromatic heterocycles. The fourth-order valence-corrected chi connectivity index (χ4v) is 3.13. The van der Waals surface area contributed by atoms with Crippen molar-refractivity contribution < 1.29 is 23.9 Å². The van der Waals surface area contributed by atoms with E-state index in [1.807, 2.05) is 12.1 Å². The Hall–Kier alpha value is -3.88. The van der Waals surface area contributed by atoms with E-state index in [-0.39, 0.29) is 37.2 Å². The average molecular weight is 394 g/mol. The predicted octanol–water partition coefficient (Wildman–Crippen LogP) is 1.47. The van der Waals surface area contributed by atoms with Gasteiger partial charge in [-0.2, -0.15) is 5.10 Å². The zero-order chi connectivity index (χ0) is 20.4. The molecule has 0 atom stereocenters. The van der Waals surface area contributed by atoms with E-state index in [1.165, 1.54) is 11.8 Å². The Labute approximate surface area is 165 Å². The Morgan fingerprint density at radius 2 is 2.10 bits per heavy atom. The second-order valence-electron chi connectivity index (χ2n) is 6.46. The van der Waals surface area contributed by atoms with Crippen molar-refractivity contribution in [2.45, 2.75) is 13.1 Å². The van der Waals surface area contributed by atoms with Crippen LogP contribution in [-0.2, 0) is 27.4 Å². The minimum absolute atomic E-state index is 0.00548. The summed E-state index contributed by atoms with van der Waals surface area (Å²) >= 11 is 0. The first-order valence-electron chi connectivity index (χ1n) is 8.91. The number of anilines is 1. The molecule has 0 radical (unpaired) electrons. The Morgan fingerprint density at radius 3 is 2.93 bits per heavy atom. The number of amides is 2. The first-order valence-corrected chi connectivity index (χ1v) is 8.91. The summed E-state index contributed by atoms with van der Waals surface area (Å²) in [6.45, 7) is 0.210. The van der Waals surface area contributed by atoms with Gasteiger partial charge in [0.05, 0.1) is 18.3 Å². The highest BCUT2D eigenvalue weighted by atomic mass is 16.5. The molecule has 2 heterocycles. The van der Waals surface area contributed by atoms with Crippen LogP contribution in [0.25, 0.3) is 10.9 Å². The lowest BCUT2D eigenvalue weighted by molar-refractivity contribution is -0.122. The number of nitrogens with one attached hydrogen (secondary N) is 2. The summed E-state index contributed by atoms with van der Waals surface area (Å²) in [5, 5.41) is 10.4. The zero-order valence-electron chi connectivity index (χ0n) is 15.6. The number of esters is 1. The molecule has 0 spiro atoms. The molecule has 1 aliphatic heterocycles. The molecule has 3 aromatic rings. The minimum atomic E-state index is -0.557. The van der Waals surface area contributed by atoms with Gasteiger partial charge in [0.2, 0.25) is 5.91 Å². The standard InChI is InChI=1S/C20H18N4O5/c1-28-20(27)19-13-4-2-3-5-15(13)24(23-19)10-17(25)21-9-12-6-7-16-14(8-12)22-18(26)11-29-16/h2-8H,9-11H2,1H3,(H,21,25)(H,22,26). The lowest BCUT2D eigenvalue weighted by atomic mass is 10.1. The molecule has 0 saturated carbocycles. The summed E-state index contributed by atoms with van der Waals surface area (Å²) in [4.78, 5) is 35.8. The second-order valence-corrected chi connectivity index (χ2v) is 6.46. The smallest absolute Gasteiger partial charge is 0.359 e. The highest BCUT2D eigenvalue weighted by Gasteiger charge is 2.19. The molecule has 1 aliphatic rings. The minimum Gasteiger partial charge on any atom is -0.482 e. The van der Waals surface area contributed by atoms with Crippen LogP contribution in [0.3, 0.4) is 0 Å². The number of carbonyl (C=O) groups excluding carboxylic acids is 3. The van der Waals surface area contributed by atoms with Crippen molar-refractivity contribution in [3.05, 3.63) is 53.7 Å². The molecule has 0 fully saturated rings. The predicted molar refractivity (Wildman–Crippen MR) is 103 cm³/mol. The van der Waals surface area contributed by atoms with Gasteiger partial charge in [-0.15, -0.1) is 0 Å². The summed E-state index contributed by atoms with van der Waals surface area (Å²) in [6.07, 6.45) is 0. The Balaban J connectivity index is 1.46. The average Bonchev–Trinajstić information content (AvgIpc) is 3.10. The highest BCUT2D eigenvalue weighted by molar-refractivity contribution is 6.02. The molecule has 29 heavy (non-hydrogen) atoms. The maximum atomic E-state index is 12.4. The Morgan fingerprint density at radius 1 is 1.28 bits per heavy atom. The van der Waals surface area contributed by atoms with Gasteiger partial charge in [0.15, 0.2) is 12.3 Å². The number of benzene rings is 2. The molecule has 2 amide bonds. The van der Waals surface area contributed by atoms with Crippen LogP contribution in [0.5, 0.6) is 5.75 Å². The molecular formula is C20H18N4O5. The van der Waals surface area contributed by atoms with E-state index in [2.05, 4.69) is 15.7 Å². The summed E-state index contributed by atoms with van der Waals surface area (Å²) in [5.74, 6) is -0.449. The van der Waals surface area contributed by atoms with Crippen LogP contribution in [0.15, 0.2) is 42.5 Å². The van der Waals surface area contributed by atoms with Gasteiger partial charge in [0.25, 0.3) is 5.91 Å². The molecule has 0 aliphatic carbocycles. The van der Waals surface area contributed by atoms with E-state index in [0.717, 1.165) is 5.56 Å². The fraction of sp³-hybridized carbons (Fsp3) is 0.200. The van der Waals surface area contributed by atoms with E-state index in [4.69, 9.17) is 9.47 Å². The molecule has 9 heteroatoms. The van der Waals surface area contributed by atoms with Crippen LogP contribution < -0.4 is 15.4 Å². The number of carbonyl (C=O) groups is 3. The van der Waals surface area contributed by atoms with E-state index in [9.17, 15) is 14.4 Å². The van der Waals surface area contributed by atoms with Crippen molar-refractivity contribution in [1.29, 1.82) is 0 Å². The van der Waals surface area contributed by atoms with E-state index >= 15 is 0 Å². The van der Waals surface area contributed by atoms with Crippen molar-refractivity contribution in [2.75, 3.05) is 19.0 Å². The topological polar surface area (TPSA) is 112 Å². The second kappa shape index (κ2) is 7.63. The molecule has 0 unspecified atom stereocenters. The number of aromatic nitrogens is 2. The molecule has 0 bridgehead atoms. The molecule has 9 nitrogen and oxygen atoms in total. The van der Waals surface area contributed by atoms with E-state index in [0.29, 0.717) is 22.3 Å². The van der Waals surface area contributed by atoms with Crippen LogP contribution in [-0.4, -0.2) is 41.3 Å². The zero-order valence-corrected chi connectivity index (χ0v) is 15.6. The number of methoxy groups -OCH3 is 1. The first kappa shape index (κ1) is 18.5. The summed E-state index contributed by atoms with van der Waals surface area (Å²) in [6, 6.07) is 12.5. The van der Waals surface area contributed by atoms with Crippen molar-refractivity contribution in [2.24, 2.45) is 0 Å². The van der Waals surface area contributed by atoms with Gasteiger partial charge in [-0.25, -0.2) is 4.79 Å². The van der Waals surface area contributed by atoms with Crippen molar-refractivity contribution >= 4 is 34.4 Å². The van der Waals surface area contributed by atoms with Crippen LogP contribution in [0, 0.1) is 0 Å². The lowest BCUT2D eigenvalue weighted by Gasteiger charge is -2.18. The third-order valence-electron chi connectivity index (χ3n) is 4.50. The molecule has 2 N–H and O–H groups in total. The number of rotatable bonds is 5. The normalized spacial score (nSPS) is 12.7. The van der Waals surface area contributed by atoms with Gasteiger partial charge in [-0.05, 0) is 23.8 Å². The third-order valence-corrected chi connectivity index (χ3v) is 4.50. The van der Waals surface area contributed by atoms with Gasteiger partial charge < -0.3 is 20.1 Å². The van der Waals surface area contributed by atoms with Crippen LogP contribution in [0.4, 0.5) is 5.69 Å². The number of para-hydroxylation sites is 1. The molecule has 0 saturated heterocycles. The largest absolute Gasteiger partial charge is 0.482 e. The van der Waals surface area contributed by atoms with Gasteiger partial charge in [-0.3, -0.25) is 14.3 Å². The van der Waals surface area contributed by atoms with E-state index in [1.54, 1.807) is 30.3 Å². The monoisotopic (exact) mass is 394 g/mol. The van der Waals surface area contributed by atoms with Crippen LogP contribution in [0.1, 0.15) is 16.1 Å². The number of fused-ring (bicyclic) bond motifs is 2. The SMILES string of the molecule is COC(=O)c1nn(CC(=O)NCc2ccc3c(c2)NC(=O)CO3)c2ccccc12. The van der Waals surface area contributed by atoms with E-state index < -0.39 is 5.97 Å². The summed E-state index contributed by atoms with van der Waals surface area (Å²) in [5.41, 5.74) is 2.22. The van der Waals surface area contributed by atoms with Gasteiger partial charge in [0, 0.05) is 11.9 Å². The number of ether oxygens (including phenoxy) is 2. The maximum absolute atomic E-state index is 12.4. The molecule has 4 rings (SSSR count). The Bertz CT molecular complexity index is 1120. The van der Waals surface area contributed by atoms with Gasteiger partial charge in [0.1, 0.15) is 12.3 Å². The van der Waals surface area contributed by atoms with Gasteiger partial charge >= 0.3 is 5.97 Å². The van der Waals surface area contributed by atoms with Gasteiger partial charge in [-0.1, -0.05) is 24.3 Å². The van der Waals surface area contributed by atoms with Crippen molar-refractivity contribution in [3.63, 3.8) is 0 Å². The quantitative estimate of drug-likeness (QED) is 0.634. The third kappa shape index (κ3) is 3.75. The molecule has 2 aromatic carbocycles. The number of hydrogen-bond donors (Lipinski definition) is 2. The molecular weight excluding hydrogens is 376 g/mol. The highest BCUT2D eigenvalue weighted by Crippen LogP contribution is 2.28. The fourth-order valence-electron chi connectivity index (χ4n) is 3.13. The molecule has 148 valence electrons. The Kier molecular flexibility index (Phi) is 4.86.